The van der Waals surface area contributed by atoms with Crippen LogP contribution in [0.25, 0.3) is 0 Å². The van der Waals surface area contributed by atoms with Crippen molar-refractivity contribution in [2.45, 2.75) is 0 Å². The Morgan fingerprint density at radius 2 is 2.38 bits per heavy atom. The van der Waals surface area contributed by atoms with E-state index in [2.05, 4.69) is 9.72 Å². The average molecular weight is 178 g/mol. The molecular formula is C8H6N2O3. The summed E-state index contributed by atoms with van der Waals surface area (Å²) in [5.74, 6) is -0.646. The van der Waals surface area contributed by atoms with Gasteiger partial charge in [-0.1, -0.05) is 0 Å². The lowest BCUT2D eigenvalue weighted by molar-refractivity contribution is 0.0600. The fourth-order valence-electron chi connectivity index (χ4n) is 0.843. The first-order valence-electron chi connectivity index (χ1n) is 3.40. The lowest BCUT2D eigenvalue weighted by Crippen LogP contribution is -2.11. The largest absolute Gasteiger partial charge is 0.465 e. The summed E-state index contributed by atoms with van der Waals surface area (Å²) in [4.78, 5) is 24.0. The Morgan fingerprint density at radius 1 is 1.69 bits per heavy atom. The zero-order chi connectivity index (χ0) is 9.84. The number of hydrogen-bond acceptors (Lipinski definition) is 4. The van der Waals surface area contributed by atoms with Crippen LogP contribution in [0.3, 0.4) is 0 Å². The van der Waals surface area contributed by atoms with Crippen LogP contribution < -0.4 is 5.56 Å². The number of nitriles is 1. The molecule has 0 aliphatic rings. The number of H-pyrrole nitrogens is 1. The number of pyridine rings is 1. The molecule has 0 fully saturated rings. The average Bonchev–Trinajstić information content (AvgIpc) is 2.16. The minimum absolute atomic E-state index is 0.00981. The summed E-state index contributed by atoms with van der Waals surface area (Å²) in [7, 11) is 1.20. The van der Waals surface area contributed by atoms with Crippen LogP contribution in [0.2, 0.25) is 0 Å². The Morgan fingerprint density at radius 3 is 2.92 bits per heavy atom. The van der Waals surface area contributed by atoms with Gasteiger partial charge in [0, 0.05) is 12.3 Å². The van der Waals surface area contributed by atoms with E-state index in [0.29, 0.717) is 0 Å². The number of rotatable bonds is 1. The number of nitrogens with one attached hydrogen (secondary N) is 1. The summed E-state index contributed by atoms with van der Waals surface area (Å²) in [5, 5.41) is 8.58. The van der Waals surface area contributed by atoms with Crippen molar-refractivity contribution < 1.29 is 9.53 Å². The van der Waals surface area contributed by atoms with Crippen LogP contribution >= 0.6 is 0 Å². The highest BCUT2D eigenvalue weighted by Crippen LogP contribution is 2.03. The molecule has 0 saturated heterocycles. The third kappa shape index (κ3) is 1.73. The van der Waals surface area contributed by atoms with E-state index < -0.39 is 11.5 Å². The molecule has 1 aromatic rings. The molecular weight excluding hydrogens is 172 g/mol. The zero-order valence-electron chi connectivity index (χ0n) is 6.83. The summed E-state index contributed by atoms with van der Waals surface area (Å²) in [6.45, 7) is 0. The fraction of sp³-hybridized carbons (Fsp3) is 0.125. The van der Waals surface area contributed by atoms with Crippen molar-refractivity contribution in [2.75, 3.05) is 7.11 Å². The van der Waals surface area contributed by atoms with Gasteiger partial charge < -0.3 is 9.72 Å². The van der Waals surface area contributed by atoms with E-state index in [-0.39, 0.29) is 11.1 Å². The number of esters is 1. The van der Waals surface area contributed by atoms with Crippen molar-refractivity contribution in [1.82, 2.24) is 4.98 Å². The van der Waals surface area contributed by atoms with Crippen LogP contribution in [0, 0.1) is 11.3 Å². The van der Waals surface area contributed by atoms with E-state index in [1.165, 1.54) is 7.11 Å². The number of aromatic amines is 1. The Hall–Kier alpha value is -2.09. The molecule has 0 bridgehead atoms. The molecule has 0 aliphatic carbocycles. The van der Waals surface area contributed by atoms with E-state index in [1.54, 1.807) is 6.07 Å². The van der Waals surface area contributed by atoms with Gasteiger partial charge in [-0.05, 0) is 0 Å². The Balaban J connectivity index is 3.31. The molecule has 0 unspecified atom stereocenters. The van der Waals surface area contributed by atoms with E-state index in [9.17, 15) is 9.59 Å². The second kappa shape index (κ2) is 3.54. The molecule has 1 N–H and O–H groups in total. The number of methoxy groups -OCH3 is 1. The van der Waals surface area contributed by atoms with Gasteiger partial charge in [-0.3, -0.25) is 4.79 Å². The maximum atomic E-state index is 11.0. The molecule has 0 spiro atoms. The first-order valence-corrected chi connectivity index (χ1v) is 3.40. The SMILES string of the molecule is COC(=O)c1c[nH]c(=O)cc1C#N. The van der Waals surface area contributed by atoms with Gasteiger partial charge >= 0.3 is 5.97 Å². The molecule has 1 heterocycles. The number of carbonyl (C=O) groups is 1. The monoisotopic (exact) mass is 178 g/mol. The van der Waals surface area contributed by atoms with E-state index >= 15 is 0 Å². The van der Waals surface area contributed by atoms with Gasteiger partial charge in [0.05, 0.1) is 18.2 Å². The second-order valence-electron chi connectivity index (χ2n) is 2.23. The van der Waals surface area contributed by atoms with E-state index in [1.807, 2.05) is 0 Å². The van der Waals surface area contributed by atoms with Gasteiger partial charge in [0.25, 0.3) is 0 Å². The normalized spacial score (nSPS) is 8.92. The lowest BCUT2D eigenvalue weighted by atomic mass is 10.1. The van der Waals surface area contributed by atoms with E-state index in [0.717, 1.165) is 12.3 Å². The highest BCUT2D eigenvalue weighted by Gasteiger charge is 2.11. The minimum Gasteiger partial charge on any atom is -0.465 e. The molecule has 0 aliphatic heterocycles. The van der Waals surface area contributed by atoms with Crippen molar-refractivity contribution in [3.05, 3.63) is 33.7 Å². The maximum absolute atomic E-state index is 11.0. The molecule has 0 amide bonds. The van der Waals surface area contributed by atoms with Gasteiger partial charge in [0.15, 0.2) is 0 Å². The highest BCUT2D eigenvalue weighted by molar-refractivity contribution is 5.91. The van der Waals surface area contributed by atoms with Gasteiger partial charge in [-0.2, -0.15) is 5.26 Å². The van der Waals surface area contributed by atoms with Crippen molar-refractivity contribution in [1.29, 1.82) is 5.26 Å². The van der Waals surface area contributed by atoms with Crippen LogP contribution in [0.5, 0.6) is 0 Å². The molecule has 1 rings (SSSR count). The molecule has 13 heavy (non-hydrogen) atoms. The predicted octanol–water partition coefficient (Wildman–Crippen LogP) is 0.0332. The van der Waals surface area contributed by atoms with Crippen LogP contribution in [0.4, 0.5) is 0 Å². The van der Waals surface area contributed by atoms with Crippen LogP contribution in [0.1, 0.15) is 15.9 Å². The minimum atomic E-state index is -0.646. The molecule has 66 valence electrons. The standard InChI is InChI=1S/C8H6N2O3/c1-13-8(12)6-4-10-7(11)2-5(6)3-9/h2,4H,1H3,(H,10,11). The van der Waals surface area contributed by atoms with Gasteiger partial charge in [-0.15, -0.1) is 0 Å². The summed E-state index contributed by atoms with van der Waals surface area (Å²) in [5.41, 5.74) is -0.357. The van der Waals surface area contributed by atoms with Crippen molar-refractivity contribution in [2.24, 2.45) is 0 Å². The molecule has 0 radical (unpaired) electrons. The molecule has 0 aromatic carbocycles. The Labute approximate surface area is 73.6 Å². The zero-order valence-corrected chi connectivity index (χ0v) is 6.83. The first-order chi connectivity index (χ1) is 6.19. The second-order valence-corrected chi connectivity index (χ2v) is 2.23. The lowest BCUT2D eigenvalue weighted by Gasteiger charge is -1.99. The van der Waals surface area contributed by atoms with E-state index in [4.69, 9.17) is 5.26 Å². The maximum Gasteiger partial charge on any atom is 0.340 e. The van der Waals surface area contributed by atoms with Gasteiger partial charge in [0.2, 0.25) is 5.56 Å². The molecule has 1 aromatic heterocycles. The topological polar surface area (TPSA) is 83.0 Å². The number of hydrogen-bond donors (Lipinski definition) is 1. The number of ether oxygens (including phenoxy) is 1. The van der Waals surface area contributed by atoms with Crippen LogP contribution in [-0.4, -0.2) is 18.1 Å². The first kappa shape index (κ1) is 9.00. The summed E-state index contributed by atoms with van der Waals surface area (Å²) in [6.07, 6.45) is 1.16. The van der Waals surface area contributed by atoms with Crippen molar-refractivity contribution in [3.63, 3.8) is 0 Å². The molecule has 5 heteroatoms. The third-order valence-corrected chi connectivity index (χ3v) is 1.45. The predicted molar refractivity (Wildman–Crippen MR) is 43.1 cm³/mol. The fourth-order valence-corrected chi connectivity index (χ4v) is 0.843. The Kier molecular flexibility index (Phi) is 2.45. The number of aromatic nitrogens is 1. The summed E-state index contributed by atoms with van der Waals surface area (Å²) in [6, 6.07) is 2.78. The highest BCUT2D eigenvalue weighted by atomic mass is 16.5. The summed E-state index contributed by atoms with van der Waals surface area (Å²) >= 11 is 0. The summed E-state index contributed by atoms with van der Waals surface area (Å²) < 4.78 is 4.41. The van der Waals surface area contributed by atoms with Crippen LogP contribution in [0.15, 0.2) is 17.1 Å². The van der Waals surface area contributed by atoms with Crippen LogP contribution in [-0.2, 0) is 4.74 Å². The molecule has 0 saturated carbocycles. The third-order valence-electron chi connectivity index (χ3n) is 1.45. The van der Waals surface area contributed by atoms with Crippen molar-refractivity contribution >= 4 is 5.97 Å². The smallest absolute Gasteiger partial charge is 0.340 e. The van der Waals surface area contributed by atoms with Crippen molar-refractivity contribution in [3.8, 4) is 6.07 Å². The van der Waals surface area contributed by atoms with Gasteiger partial charge in [0.1, 0.15) is 6.07 Å². The quantitative estimate of drug-likeness (QED) is 0.615. The van der Waals surface area contributed by atoms with Gasteiger partial charge in [-0.25, -0.2) is 4.79 Å². The number of carbonyl (C=O) groups excluding carboxylic acids is 1. The number of nitrogens with zero attached hydrogens (tertiary/aromatic N) is 1. The molecule has 0 atom stereocenters. The molecule has 5 nitrogen and oxygen atoms in total. The Bertz CT molecular complexity index is 428.